The smallest absolute Gasteiger partial charge is 0.310 e. The second-order valence-corrected chi connectivity index (χ2v) is 7.28. The van der Waals surface area contributed by atoms with Crippen LogP contribution in [-0.4, -0.2) is 31.7 Å². The van der Waals surface area contributed by atoms with Crippen LogP contribution in [0.1, 0.15) is 5.56 Å². The minimum atomic E-state index is -0.641. The summed E-state index contributed by atoms with van der Waals surface area (Å²) in [6, 6.07) is 6.50. The number of halogens is 4. The molecule has 1 aliphatic rings. The molecule has 10 heteroatoms. The molecule has 0 aliphatic carbocycles. The van der Waals surface area contributed by atoms with E-state index in [2.05, 4.69) is 5.32 Å². The van der Waals surface area contributed by atoms with Gasteiger partial charge in [0.25, 0.3) is 5.91 Å². The number of esters is 1. The largest absolute Gasteiger partial charge is 0.486 e. The van der Waals surface area contributed by atoms with Crippen molar-refractivity contribution in [2.45, 2.75) is 6.42 Å². The number of benzene rings is 2. The number of amides is 1. The molecule has 0 spiro atoms. The van der Waals surface area contributed by atoms with Gasteiger partial charge < -0.3 is 19.5 Å². The van der Waals surface area contributed by atoms with Crippen LogP contribution in [0.4, 0.5) is 5.69 Å². The first-order valence-electron chi connectivity index (χ1n) is 8.02. The lowest BCUT2D eigenvalue weighted by molar-refractivity contribution is -0.146. The van der Waals surface area contributed by atoms with E-state index in [4.69, 9.17) is 60.6 Å². The van der Waals surface area contributed by atoms with Gasteiger partial charge in [-0.05, 0) is 23.8 Å². The van der Waals surface area contributed by atoms with Crippen LogP contribution in [0.2, 0.25) is 20.1 Å². The molecule has 6 nitrogen and oxygen atoms in total. The molecule has 0 saturated carbocycles. The van der Waals surface area contributed by atoms with Crippen LogP contribution in [0.5, 0.6) is 11.5 Å². The van der Waals surface area contributed by atoms with E-state index in [-0.39, 0.29) is 32.2 Å². The zero-order valence-corrected chi connectivity index (χ0v) is 17.2. The van der Waals surface area contributed by atoms with E-state index in [9.17, 15) is 9.59 Å². The maximum Gasteiger partial charge on any atom is 0.310 e. The van der Waals surface area contributed by atoms with E-state index in [1.165, 1.54) is 6.07 Å². The number of hydrogen-bond acceptors (Lipinski definition) is 5. The van der Waals surface area contributed by atoms with Gasteiger partial charge in [-0.25, -0.2) is 0 Å². The van der Waals surface area contributed by atoms with E-state index in [0.29, 0.717) is 30.3 Å². The summed E-state index contributed by atoms with van der Waals surface area (Å²) < 4.78 is 15.9. The Morgan fingerprint density at radius 1 is 0.964 bits per heavy atom. The quantitative estimate of drug-likeness (QED) is 0.508. The van der Waals surface area contributed by atoms with Gasteiger partial charge in [-0.2, -0.15) is 0 Å². The van der Waals surface area contributed by atoms with E-state index in [0.717, 1.165) is 0 Å². The molecule has 2 aromatic carbocycles. The number of fused-ring (bicyclic) bond motifs is 1. The van der Waals surface area contributed by atoms with E-state index in [1.807, 2.05) is 0 Å². The molecule has 3 rings (SSSR count). The standard InChI is InChI=1S/C18H13Cl4NO5/c19-10-7-11(20)17(22)18(16(10)21)23-14(24)8-28-15(25)6-9-1-2-12-13(5-9)27-4-3-26-12/h1-2,5,7H,3-4,6,8H2,(H,23,24). The van der Waals surface area contributed by atoms with E-state index >= 15 is 0 Å². The Morgan fingerprint density at radius 2 is 1.61 bits per heavy atom. The van der Waals surface area contributed by atoms with Crippen LogP contribution in [-0.2, 0) is 20.7 Å². The number of nitrogens with one attached hydrogen (secondary N) is 1. The molecular formula is C18H13Cl4NO5. The first-order chi connectivity index (χ1) is 13.3. The van der Waals surface area contributed by atoms with Gasteiger partial charge >= 0.3 is 5.97 Å². The first-order valence-corrected chi connectivity index (χ1v) is 9.53. The Balaban J connectivity index is 1.56. The molecule has 0 saturated heterocycles. The summed E-state index contributed by atoms with van der Waals surface area (Å²) in [6.07, 6.45) is -0.0333. The highest BCUT2D eigenvalue weighted by Gasteiger charge is 2.18. The normalized spacial score (nSPS) is 12.4. The Morgan fingerprint density at radius 3 is 2.29 bits per heavy atom. The van der Waals surface area contributed by atoms with Gasteiger partial charge in [0.2, 0.25) is 0 Å². The van der Waals surface area contributed by atoms with Crippen LogP contribution in [0, 0.1) is 0 Å². The van der Waals surface area contributed by atoms with Crippen molar-refractivity contribution < 1.29 is 23.8 Å². The molecular weight excluding hydrogens is 452 g/mol. The highest BCUT2D eigenvalue weighted by molar-refractivity contribution is 6.50. The predicted molar refractivity (Wildman–Crippen MR) is 107 cm³/mol. The van der Waals surface area contributed by atoms with Crippen molar-refractivity contribution in [2.75, 3.05) is 25.1 Å². The fraction of sp³-hybridized carbons (Fsp3) is 0.222. The molecule has 1 N–H and O–H groups in total. The summed E-state index contributed by atoms with van der Waals surface area (Å²) in [5.74, 6) is -0.0427. The van der Waals surface area contributed by atoms with Gasteiger partial charge in [0.05, 0.1) is 32.2 Å². The average molecular weight is 465 g/mol. The van der Waals surface area contributed by atoms with Gasteiger partial charge in [0, 0.05) is 0 Å². The molecule has 148 valence electrons. The minimum absolute atomic E-state index is 0.0333. The number of carbonyl (C=O) groups excluding carboxylic acids is 2. The zero-order valence-electron chi connectivity index (χ0n) is 14.2. The maximum atomic E-state index is 12.1. The van der Waals surface area contributed by atoms with Crippen molar-refractivity contribution in [3.8, 4) is 11.5 Å². The molecule has 0 unspecified atom stereocenters. The van der Waals surface area contributed by atoms with Crippen LogP contribution in [0.25, 0.3) is 0 Å². The first kappa shape index (κ1) is 20.9. The Labute approximate surface area is 180 Å². The summed E-state index contributed by atoms with van der Waals surface area (Å²) in [5, 5.41) is 2.76. The summed E-state index contributed by atoms with van der Waals surface area (Å²) in [7, 11) is 0. The van der Waals surface area contributed by atoms with Crippen molar-refractivity contribution in [1.29, 1.82) is 0 Å². The lowest BCUT2D eigenvalue weighted by Crippen LogP contribution is -2.22. The third kappa shape index (κ3) is 4.94. The number of anilines is 1. The second-order valence-electron chi connectivity index (χ2n) is 5.71. The average Bonchev–Trinajstić information content (AvgIpc) is 2.68. The van der Waals surface area contributed by atoms with Crippen molar-refractivity contribution >= 4 is 64.0 Å². The number of hydrogen-bond donors (Lipinski definition) is 1. The van der Waals surface area contributed by atoms with Crippen molar-refractivity contribution in [3.63, 3.8) is 0 Å². The van der Waals surface area contributed by atoms with Crippen molar-refractivity contribution in [3.05, 3.63) is 49.9 Å². The highest BCUT2D eigenvalue weighted by Crippen LogP contribution is 2.41. The summed E-state index contributed by atoms with van der Waals surface area (Å²) >= 11 is 23.9. The fourth-order valence-electron chi connectivity index (χ4n) is 2.42. The van der Waals surface area contributed by atoms with E-state index in [1.54, 1.807) is 18.2 Å². The SMILES string of the molecule is O=C(COC(=O)Cc1ccc2c(c1)OCCO2)Nc1c(Cl)c(Cl)cc(Cl)c1Cl. The van der Waals surface area contributed by atoms with Crippen molar-refractivity contribution in [2.24, 2.45) is 0 Å². The van der Waals surface area contributed by atoms with Crippen LogP contribution in [0.3, 0.4) is 0 Å². The molecule has 0 bridgehead atoms. The molecule has 0 radical (unpaired) electrons. The Bertz CT molecular complexity index is 908. The maximum absolute atomic E-state index is 12.1. The third-order valence-corrected chi connectivity index (χ3v) is 5.27. The lowest BCUT2D eigenvalue weighted by Gasteiger charge is -2.18. The van der Waals surface area contributed by atoms with Crippen molar-refractivity contribution in [1.82, 2.24) is 0 Å². The fourth-order valence-corrected chi connectivity index (χ4v) is 3.32. The second kappa shape index (κ2) is 9.09. The third-order valence-electron chi connectivity index (χ3n) is 3.70. The molecule has 1 heterocycles. The topological polar surface area (TPSA) is 73.9 Å². The number of ether oxygens (including phenoxy) is 3. The lowest BCUT2D eigenvalue weighted by atomic mass is 10.1. The Kier molecular flexibility index (Phi) is 6.78. The van der Waals surface area contributed by atoms with Crippen LogP contribution in [0.15, 0.2) is 24.3 Å². The van der Waals surface area contributed by atoms with E-state index < -0.39 is 18.5 Å². The predicted octanol–water partition coefficient (Wildman–Crippen LogP) is 4.80. The summed E-state index contributed by atoms with van der Waals surface area (Å²) in [5.41, 5.74) is 0.719. The molecule has 1 amide bonds. The van der Waals surface area contributed by atoms with Crippen LogP contribution < -0.4 is 14.8 Å². The molecule has 28 heavy (non-hydrogen) atoms. The molecule has 0 atom stereocenters. The minimum Gasteiger partial charge on any atom is -0.486 e. The number of rotatable bonds is 5. The zero-order chi connectivity index (χ0) is 20.3. The van der Waals surface area contributed by atoms with Gasteiger partial charge in [-0.15, -0.1) is 0 Å². The Hall–Kier alpha value is -1.86. The van der Waals surface area contributed by atoms with Gasteiger partial charge in [-0.1, -0.05) is 52.5 Å². The van der Waals surface area contributed by atoms with Crippen LogP contribution >= 0.6 is 46.4 Å². The summed E-state index contributed by atoms with van der Waals surface area (Å²) in [4.78, 5) is 24.1. The molecule has 1 aliphatic heterocycles. The molecule has 2 aromatic rings. The van der Waals surface area contributed by atoms with Gasteiger partial charge in [-0.3, -0.25) is 9.59 Å². The highest BCUT2D eigenvalue weighted by atomic mass is 35.5. The molecule has 0 aromatic heterocycles. The molecule has 0 fully saturated rings. The monoisotopic (exact) mass is 463 g/mol. The van der Waals surface area contributed by atoms with Gasteiger partial charge in [0.1, 0.15) is 13.2 Å². The number of carbonyl (C=O) groups is 2. The van der Waals surface area contributed by atoms with Gasteiger partial charge in [0.15, 0.2) is 18.1 Å². The summed E-state index contributed by atoms with van der Waals surface area (Å²) in [6.45, 7) is 0.398.